The van der Waals surface area contributed by atoms with E-state index in [1.54, 1.807) is 42.5 Å². The summed E-state index contributed by atoms with van der Waals surface area (Å²) in [5, 5.41) is 10.8. The fourth-order valence-electron chi connectivity index (χ4n) is 3.27. The zero-order valence-corrected chi connectivity index (χ0v) is 16.1. The topological polar surface area (TPSA) is 85.3 Å². The summed E-state index contributed by atoms with van der Waals surface area (Å²) in [4.78, 5) is 26.3. The monoisotopic (exact) mass is 383 g/mol. The van der Waals surface area contributed by atoms with Gasteiger partial charge in [0, 0.05) is 12.6 Å². The molecular formula is C21H21NO6. The van der Waals surface area contributed by atoms with E-state index in [1.165, 1.54) is 33.3 Å². The minimum atomic E-state index is -0.748. The van der Waals surface area contributed by atoms with Crippen LogP contribution in [0.5, 0.6) is 17.2 Å². The Morgan fingerprint density at radius 3 is 2.14 bits per heavy atom. The molecule has 2 aromatic rings. The van der Waals surface area contributed by atoms with Gasteiger partial charge in [0.15, 0.2) is 11.5 Å². The molecule has 0 aliphatic carbocycles. The van der Waals surface area contributed by atoms with Crippen LogP contribution in [0.1, 0.15) is 17.2 Å². The second kappa shape index (κ2) is 7.64. The lowest BCUT2D eigenvalue weighted by molar-refractivity contribution is -0.139. The van der Waals surface area contributed by atoms with Crippen molar-refractivity contribution in [3.05, 3.63) is 59.2 Å². The van der Waals surface area contributed by atoms with E-state index in [-0.39, 0.29) is 11.3 Å². The predicted molar refractivity (Wildman–Crippen MR) is 103 cm³/mol. The van der Waals surface area contributed by atoms with E-state index in [1.807, 2.05) is 0 Å². The van der Waals surface area contributed by atoms with Crippen LogP contribution in [0, 0.1) is 0 Å². The Hall–Kier alpha value is -3.48. The lowest BCUT2D eigenvalue weighted by Crippen LogP contribution is -2.24. The third-order valence-electron chi connectivity index (χ3n) is 4.76. The minimum absolute atomic E-state index is 0.0184. The molecule has 1 amide bonds. The number of methoxy groups -OCH3 is 3. The number of amides is 1. The van der Waals surface area contributed by atoms with Crippen molar-refractivity contribution in [2.75, 3.05) is 28.4 Å². The van der Waals surface area contributed by atoms with Gasteiger partial charge < -0.3 is 24.2 Å². The van der Waals surface area contributed by atoms with Gasteiger partial charge in [0.25, 0.3) is 11.7 Å². The molecule has 0 spiro atoms. The highest BCUT2D eigenvalue weighted by molar-refractivity contribution is 6.46. The molecule has 3 rings (SSSR count). The highest BCUT2D eigenvalue weighted by Gasteiger charge is 2.44. The third-order valence-corrected chi connectivity index (χ3v) is 4.76. The molecule has 1 unspecified atom stereocenters. The van der Waals surface area contributed by atoms with Crippen LogP contribution in [-0.2, 0) is 9.59 Å². The molecule has 0 aromatic heterocycles. The first-order chi connectivity index (χ1) is 13.4. The molecule has 1 aliphatic heterocycles. The zero-order chi connectivity index (χ0) is 20.4. The highest BCUT2D eigenvalue weighted by atomic mass is 16.5. The Kier molecular flexibility index (Phi) is 5.26. The Balaban J connectivity index is 2.14. The average Bonchev–Trinajstić information content (AvgIpc) is 2.96. The SMILES string of the molecule is COc1ccc(/C(O)=C2/C(=O)C(=O)N(C)C2c2ccc(OC)c(OC)c2)cc1. The minimum Gasteiger partial charge on any atom is -0.507 e. The van der Waals surface area contributed by atoms with Crippen LogP contribution in [0.2, 0.25) is 0 Å². The van der Waals surface area contributed by atoms with Crippen molar-refractivity contribution in [3.8, 4) is 17.2 Å². The van der Waals surface area contributed by atoms with Crippen molar-refractivity contribution in [2.45, 2.75) is 6.04 Å². The number of carbonyl (C=O) groups excluding carboxylic acids is 2. The molecule has 0 saturated carbocycles. The summed E-state index contributed by atoms with van der Waals surface area (Å²) < 4.78 is 15.7. The highest BCUT2D eigenvalue weighted by Crippen LogP contribution is 2.41. The maximum absolute atomic E-state index is 12.6. The van der Waals surface area contributed by atoms with E-state index in [2.05, 4.69) is 0 Å². The van der Waals surface area contributed by atoms with Gasteiger partial charge in [-0.1, -0.05) is 6.07 Å². The first kappa shape index (κ1) is 19.3. The van der Waals surface area contributed by atoms with Crippen molar-refractivity contribution in [2.24, 2.45) is 0 Å². The number of rotatable bonds is 5. The van der Waals surface area contributed by atoms with Gasteiger partial charge in [-0.25, -0.2) is 0 Å². The van der Waals surface area contributed by atoms with Crippen LogP contribution in [0.3, 0.4) is 0 Å². The van der Waals surface area contributed by atoms with E-state index in [4.69, 9.17) is 14.2 Å². The number of hydrogen-bond donors (Lipinski definition) is 1. The molecular weight excluding hydrogens is 362 g/mol. The summed E-state index contributed by atoms with van der Waals surface area (Å²) >= 11 is 0. The molecule has 28 heavy (non-hydrogen) atoms. The summed E-state index contributed by atoms with van der Waals surface area (Å²) in [5.41, 5.74) is 1.05. The maximum atomic E-state index is 12.6. The summed E-state index contributed by atoms with van der Waals surface area (Å²) in [7, 11) is 6.08. The second-order valence-corrected chi connectivity index (χ2v) is 6.25. The lowest BCUT2D eigenvalue weighted by Gasteiger charge is -2.22. The van der Waals surface area contributed by atoms with Gasteiger partial charge in [-0.2, -0.15) is 0 Å². The molecule has 1 N–H and O–H groups in total. The van der Waals surface area contributed by atoms with Gasteiger partial charge in [-0.05, 0) is 42.0 Å². The average molecular weight is 383 g/mol. The molecule has 2 aromatic carbocycles. The third kappa shape index (κ3) is 3.15. The van der Waals surface area contributed by atoms with E-state index in [0.29, 0.717) is 28.4 Å². The largest absolute Gasteiger partial charge is 0.507 e. The first-order valence-electron chi connectivity index (χ1n) is 8.53. The number of aliphatic hydroxyl groups excluding tert-OH is 1. The van der Waals surface area contributed by atoms with Crippen molar-refractivity contribution in [3.63, 3.8) is 0 Å². The van der Waals surface area contributed by atoms with Crippen LogP contribution in [0.15, 0.2) is 48.0 Å². The normalized spacial score (nSPS) is 18.3. The summed E-state index contributed by atoms with van der Waals surface area (Å²) in [6.07, 6.45) is 0. The zero-order valence-electron chi connectivity index (χ0n) is 16.1. The van der Waals surface area contributed by atoms with Crippen LogP contribution in [0.4, 0.5) is 0 Å². The van der Waals surface area contributed by atoms with Gasteiger partial charge in [-0.3, -0.25) is 9.59 Å². The quantitative estimate of drug-likeness (QED) is 0.485. The van der Waals surface area contributed by atoms with E-state index in [9.17, 15) is 14.7 Å². The summed E-state index contributed by atoms with van der Waals surface area (Å²) in [6, 6.07) is 11.0. The number of nitrogens with zero attached hydrogens (tertiary/aromatic N) is 1. The number of carbonyl (C=O) groups is 2. The molecule has 0 radical (unpaired) electrons. The molecule has 7 nitrogen and oxygen atoms in total. The number of likely N-dealkylation sites (N-methyl/N-ethyl adjacent to an activating group) is 1. The van der Waals surface area contributed by atoms with E-state index < -0.39 is 17.7 Å². The van der Waals surface area contributed by atoms with Crippen LogP contribution in [-0.4, -0.2) is 50.1 Å². The molecule has 1 aliphatic rings. The molecule has 1 heterocycles. The molecule has 0 bridgehead atoms. The number of Topliss-reactive ketones (excluding diaryl/α,β-unsaturated/α-hetero) is 1. The summed E-state index contributed by atoms with van der Waals surface area (Å²) in [6.45, 7) is 0. The Morgan fingerprint density at radius 1 is 0.929 bits per heavy atom. The van der Waals surface area contributed by atoms with Crippen LogP contribution >= 0.6 is 0 Å². The Bertz CT molecular complexity index is 948. The van der Waals surface area contributed by atoms with E-state index >= 15 is 0 Å². The van der Waals surface area contributed by atoms with Gasteiger partial charge in [0.2, 0.25) is 0 Å². The number of ether oxygens (including phenoxy) is 3. The molecule has 1 fully saturated rings. The molecule has 146 valence electrons. The van der Waals surface area contributed by atoms with Crippen molar-refractivity contribution in [1.29, 1.82) is 0 Å². The predicted octanol–water partition coefficient (Wildman–Crippen LogP) is 2.76. The summed E-state index contributed by atoms with van der Waals surface area (Å²) in [5.74, 6) is -0.0718. The molecule has 1 saturated heterocycles. The molecule has 7 heteroatoms. The molecule has 1 atom stereocenters. The van der Waals surface area contributed by atoms with Gasteiger partial charge in [0.05, 0.1) is 32.9 Å². The number of likely N-dealkylation sites (tertiary alicyclic amines) is 1. The Labute approximate surface area is 162 Å². The standard InChI is InChI=1S/C21H21NO6/c1-22-18(13-7-10-15(27-3)16(11-13)28-4)17(20(24)21(22)25)19(23)12-5-8-14(26-2)9-6-12/h5-11,18,23H,1-4H3/b19-17-. The number of benzene rings is 2. The van der Waals surface area contributed by atoms with Gasteiger partial charge in [0.1, 0.15) is 11.5 Å². The number of ketones is 1. The number of hydrogen-bond acceptors (Lipinski definition) is 6. The lowest BCUT2D eigenvalue weighted by atomic mass is 9.95. The van der Waals surface area contributed by atoms with Crippen molar-refractivity contribution in [1.82, 2.24) is 4.90 Å². The second-order valence-electron chi connectivity index (χ2n) is 6.25. The smallest absolute Gasteiger partial charge is 0.295 e. The van der Waals surface area contributed by atoms with Crippen molar-refractivity contribution >= 4 is 17.4 Å². The van der Waals surface area contributed by atoms with Crippen LogP contribution < -0.4 is 14.2 Å². The van der Waals surface area contributed by atoms with Gasteiger partial charge >= 0.3 is 0 Å². The van der Waals surface area contributed by atoms with Crippen molar-refractivity contribution < 1.29 is 28.9 Å². The first-order valence-corrected chi connectivity index (χ1v) is 8.53. The number of aliphatic hydroxyl groups is 1. The maximum Gasteiger partial charge on any atom is 0.295 e. The van der Waals surface area contributed by atoms with Gasteiger partial charge in [-0.15, -0.1) is 0 Å². The Morgan fingerprint density at radius 2 is 1.57 bits per heavy atom. The van der Waals surface area contributed by atoms with E-state index in [0.717, 1.165) is 0 Å². The fraction of sp³-hybridized carbons (Fsp3) is 0.238. The fourth-order valence-corrected chi connectivity index (χ4v) is 3.27. The van der Waals surface area contributed by atoms with Crippen LogP contribution in [0.25, 0.3) is 5.76 Å².